The molecule has 0 radical (unpaired) electrons. The Kier molecular flexibility index (Phi) is 7.25. The highest BCUT2D eigenvalue weighted by atomic mass is 16.4. The number of aromatic carboxylic acids is 2. The zero-order valence-electron chi connectivity index (χ0n) is 9.91. The molecule has 0 aliphatic carbocycles. The molecule has 0 saturated heterocycles. The number of rotatable bonds is 2. The molecule has 0 heterocycles. The molecule has 2 aromatic carbocycles. The highest BCUT2D eigenvalue weighted by Gasteiger charge is 1.86. The molecule has 0 unspecified atom stereocenters. The van der Waals surface area contributed by atoms with Gasteiger partial charge < -0.3 is 25.3 Å². The van der Waals surface area contributed by atoms with Crippen LogP contribution >= 0.6 is 0 Å². The van der Waals surface area contributed by atoms with Crippen LogP contribution in [0.2, 0.25) is 0 Å². The van der Waals surface area contributed by atoms with E-state index in [9.17, 15) is 19.8 Å². The Balaban J connectivity index is 0.000000324. The third-order valence-corrected chi connectivity index (χ3v) is 2.02. The van der Waals surface area contributed by atoms with Crippen LogP contribution in [0.3, 0.4) is 0 Å². The lowest BCUT2D eigenvalue weighted by molar-refractivity contribution is -0.256. The number of carbonyl (C=O) groups excluding carboxylic acids is 2. The monoisotopic (exact) mass is 260 g/mol. The maximum atomic E-state index is 10.1. The molecule has 0 spiro atoms. The average Bonchev–Trinajstić information content (AvgIpc) is 2.41. The second kappa shape index (κ2) is 8.43. The van der Waals surface area contributed by atoms with E-state index in [1.807, 2.05) is 0 Å². The zero-order chi connectivity index (χ0) is 13.4. The van der Waals surface area contributed by atoms with Gasteiger partial charge >= 0.3 is 0 Å². The lowest BCUT2D eigenvalue weighted by Gasteiger charge is -1.97. The first-order valence-corrected chi connectivity index (χ1v) is 5.14. The Bertz CT molecular complexity index is 458. The van der Waals surface area contributed by atoms with E-state index in [2.05, 4.69) is 0 Å². The predicted molar refractivity (Wildman–Crippen MR) is 65.2 cm³/mol. The summed E-state index contributed by atoms with van der Waals surface area (Å²) in [6, 6.07) is 16.1. The molecule has 5 nitrogen and oxygen atoms in total. The molecule has 0 atom stereocenters. The SMILES string of the molecule is O.O=C([O-])c1ccccc1.O=C([O-])c1ccccc1. The Labute approximate surface area is 110 Å². The Morgan fingerprint density at radius 1 is 0.632 bits per heavy atom. The Hall–Kier alpha value is -2.66. The molecule has 0 bridgehead atoms. The van der Waals surface area contributed by atoms with Crippen LogP contribution < -0.4 is 10.2 Å². The van der Waals surface area contributed by atoms with E-state index >= 15 is 0 Å². The van der Waals surface area contributed by atoms with Crippen molar-refractivity contribution in [2.45, 2.75) is 0 Å². The normalized spacial score (nSPS) is 8.42. The molecule has 0 amide bonds. The van der Waals surface area contributed by atoms with Crippen molar-refractivity contribution in [1.29, 1.82) is 0 Å². The van der Waals surface area contributed by atoms with Gasteiger partial charge in [0.2, 0.25) is 0 Å². The summed E-state index contributed by atoms with van der Waals surface area (Å²) in [5.41, 5.74) is 0.440. The maximum Gasteiger partial charge on any atom is 0.0715 e. The summed E-state index contributed by atoms with van der Waals surface area (Å²) in [4.78, 5) is 20.2. The lowest BCUT2D eigenvalue weighted by atomic mass is 10.2. The predicted octanol–water partition coefficient (Wildman–Crippen LogP) is -0.725. The van der Waals surface area contributed by atoms with Crippen molar-refractivity contribution in [3.8, 4) is 0 Å². The van der Waals surface area contributed by atoms with E-state index in [4.69, 9.17) is 0 Å². The van der Waals surface area contributed by atoms with Gasteiger partial charge in [-0.1, -0.05) is 60.7 Å². The third kappa shape index (κ3) is 5.99. The molecule has 0 saturated carbocycles. The minimum absolute atomic E-state index is 0. The van der Waals surface area contributed by atoms with Gasteiger partial charge in [0.1, 0.15) is 0 Å². The van der Waals surface area contributed by atoms with E-state index < -0.39 is 11.9 Å². The summed E-state index contributed by atoms with van der Waals surface area (Å²) in [6.07, 6.45) is 0. The first kappa shape index (κ1) is 16.3. The van der Waals surface area contributed by atoms with Crippen molar-refractivity contribution in [3.05, 3.63) is 71.8 Å². The average molecular weight is 260 g/mol. The highest BCUT2D eigenvalue weighted by molar-refractivity contribution is 5.85. The maximum absolute atomic E-state index is 10.1. The third-order valence-electron chi connectivity index (χ3n) is 2.02. The first-order valence-electron chi connectivity index (χ1n) is 5.14. The summed E-state index contributed by atoms with van der Waals surface area (Å²) < 4.78 is 0. The second-order valence-corrected chi connectivity index (χ2v) is 3.31. The topological polar surface area (TPSA) is 112 Å². The van der Waals surface area contributed by atoms with E-state index in [0.717, 1.165) is 0 Å². The van der Waals surface area contributed by atoms with Crippen LogP contribution in [0.4, 0.5) is 0 Å². The molecule has 0 aliphatic rings. The van der Waals surface area contributed by atoms with E-state index in [1.54, 1.807) is 36.4 Å². The molecule has 2 N–H and O–H groups in total. The number of carboxylic acid groups (broad SMARTS) is 2. The number of carboxylic acids is 2. The van der Waals surface area contributed by atoms with Crippen LogP contribution in [0.1, 0.15) is 20.7 Å². The molecular weight excluding hydrogens is 248 g/mol. The second-order valence-electron chi connectivity index (χ2n) is 3.31. The number of hydrogen-bond acceptors (Lipinski definition) is 4. The summed E-state index contributed by atoms with van der Waals surface area (Å²) in [6.45, 7) is 0. The fraction of sp³-hybridized carbons (Fsp3) is 0. The van der Waals surface area contributed by atoms with E-state index in [-0.39, 0.29) is 16.6 Å². The largest absolute Gasteiger partial charge is 0.545 e. The highest BCUT2D eigenvalue weighted by Crippen LogP contribution is 1.95. The van der Waals surface area contributed by atoms with Crippen LogP contribution in [0.5, 0.6) is 0 Å². The summed E-state index contributed by atoms with van der Waals surface area (Å²) in [5.74, 6) is -2.26. The van der Waals surface area contributed by atoms with Crippen LogP contribution in [-0.4, -0.2) is 17.4 Å². The lowest BCUT2D eigenvalue weighted by Crippen LogP contribution is -2.21. The van der Waals surface area contributed by atoms with Gasteiger partial charge in [0.25, 0.3) is 0 Å². The van der Waals surface area contributed by atoms with Gasteiger partial charge in [0.05, 0.1) is 11.9 Å². The van der Waals surface area contributed by atoms with Crippen molar-refractivity contribution in [2.24, 2.45) is 0 Å². The van der Waals surface area contributed by atoms with Crippen molar-refractivity contribution in [3.63, 3.8) is 0 Å². The molecule has 0 fully saturated rings. The molecule has 5 heteroatoms. The van der Waals surface area contributed by atoms with Gasteiger partial charge in [-0.3, -0.25) is 0 Å². The number of benzene rings is 2. The van der Waals surface area contributed by atoms with Crippen molar-refractivity contribution in [2.75, 3.05) is 0 Å². The molecule has 0 aromatic heterocycles. The first-order chi connectivity index (χ1) is 8.61. The quantitative estimate of drug-likeness (QED) is 0.708. The van der Waals surface area contributed by atoms with Gasteiger partial charge in [-0.15, -0.1) is 0 Å². The van der Waals surface area contributed by atoms with Gasteiger partial charge in [-0.25, -0.2) is 0 Å². The Morgan fingerprint density at radius 2 is 0.895 bits per heavy atom. The van der Waals surface area contributed by atoms with E-state index in [1.165, 1.54) is 24.3 Å². The van der Waals surface area contributed by atoms with Gasteiger partial charge in [-0.05, 0) is 11.1 Å². The fourth-order valence-corrected chi connectivity index (χ4v) is 1.15. The van der Waals surface area contributed by atoms with Crippen molar-refractivity contribution in [1.82, 2.24) is 0 Å². The molecular formula is C14H12O5-2. The molecule has 100 valence electrons. The van der Waals surface area contributed by atoms with Crippen LogP contribution in [0, 0.1) is 0 Å². The minimum atomic E-state index is -1.13. The molecule has 2 rings (SSSR count). The van der Waals surface area contributed by atoms with Crippen LogP contribution in [0.25, 0.3) is 0 Å². The zero-order valence-corrected chi connectivity index (χ0v) is 9.91. The standard InChI is InChI=1S/2C7H6O2.H2O/c2*8-7(9)6-4-2-1-3-5-6;/h2*1-5H,(H,8,9);1H2/p-2. The van der Waals surface area contributed by atoms with Crippen LogP contribution in [-0.2, 0) is 0 Å². The van der Waals surface area contributed by atoms with Gasteiger partial charge in [-0.2, -0.15) is 0 Å². The minimum Gasteiger partial charge on any atom is -0.545 e. The summed E-state index contributed by atoms with van der Waals surface area (Å²) >= 11 is 0. The van der Waals surface area contributed by atoms with Gasteiger partial charge in [0, 0.05) is 0 Å². The number of carbonyl (C=O) groups is 2. The summed E-state index contributed by atoms with van der Waals surface area (Å²) in [5, 5.41) is 20.2. The van der Waals surface area contributed by atoms with E-state index in [0.29, 0.717) is 0 Å². The van der Waals surface area contributed by atoms with Crippen LogP contribution in [0.15, 0.2) is 60.7 Å². The number of hydrogen-bond donors (Lipinski definition) is 0. The molecule has 0 aliphatic heterocycles. The fourth-order valence-electron chi connectivity index (χ4n) is 1.15. The smallest absolute Gasteiger partial charge is 0.0715 e. The van der Waals surface area contributed by atoms with Crippen molar-refractivity contribution < 1.29 is 25.3 Å². The Morgan fingerprint density at radius 3 is 1.05 bits per heavy atom. The van der Waals surface area contributed by atoms with Crippen molar-refractivity contribution >= 4 is 11.9 Å². The molecule has 2 aromatic rings. The van der Waals surface area contributed by atoms with Gasteiger partial charge in [0.15, 0.2) is 0 Å². The summed E-state index contributed by atoms with van der Waals surface area (Å²) in [7, 11) is 0. The molecule has 19 heavy (non-hydrogen) atoms.